The zero-order valence-corrected chi connectivity index (χ0v) is 10.8. The molecule has 92 valence electrons. The molecular formula is C7H17NO5S2. The van der Waals surface area contributed by atoms with Crippen molar-refractivity contribution < 1.29 is 21.4 Å². The lowest BCUT2D eigenvalue weighted by atomic mass is 10.3. The smallest absolute Gasteiger partial charge is 0.280 e. The SMILES string of the molecule is CC(C)N(C(C)C)S(=O)(=O)CS(=O)(=O)O. The first-order valence-corrected chi connectivity index (χ1v) is 7.65. The Bertz CT molecular complexity index is 387. The zero-order valence-electron chi connectivity index (χ0n) is 9.21. The second-order valence-electron chi connectivity index (χ2n) is 3.83. The van der Waals surface area contributed by atoms with Crippen LogP contribution in [0.15, 0.2) is 0 Å². The van der Waals surface area contributed by atoms with Gasteiger partial charge in [-0.2, -0.15) is 12.7 Å². The van der Waals surface area contributed by atoms with Crippen molar-refractivity contribution in [2.45, 2.75) is 39.8 Å². The molecule has 0 aromatic heterocycles. The van der Waals surface area contributed by atoms with Crippen LogP contribution in [0.25, 0.3) is 0 Å². The van der Waals surface area contributed by atoms with E-state index >= 15 is 0 Å². The van der Waals surface area contributed by atoms with E-state index in [4.69, 9.17) is 4.55 Å². The van der Waals surface area contributed by atoms with Crippen LogP contribution in [0.2, 0.25) is 0 Å². The predicted octanol–water partition coefficient (Wildman–Crippen LogP) is 0.280. The Morgan fingerprint density at radius 3 is 1.53 bits per heavy atom. The summed E-state index contributed by atoms with van der Waals surface area (Å²) in [6, 6.07) is -0.700. The van der Waals surface area contributed by atoms with Gasteiger partial charge in [-0.15, -0.1) is 0 Å². The van der Waals surface area contributed by atoms with Gasteiger partial charge in [0, 0.05) is 12.1 Å². The Labute approximate surface area is 91.1 Å². The van der Waals surface area contributed by atoms with Gasteiger partial charge in [-0.05, 0) is 27.7 Å². The Kier molecular flexibility index (Phi) is 4.71. The van der Waals surface area contributed by atoms with Crippen molar-refractivity contribution in [3.8, 4) is 0 Å². The summed E-state index contributed by atoms with van der Waals surface area (Å²) in [4.78, 5) is 0. The molecule has 0 saturated carbocycles. The maximum atomic E-state index is 11.6. The number of nitrogens with zero attached hydrogens (tertiary/aromatic N) is 1. The summed E-state index contributed by atoms with van der Waals surface area (Å²) < 4.78 is 53.9. The zero-order chi connectivity index (χ0) is 12.4. The van der Waals surface area contributed by atoms with E-state index in [0.717, 1.165) is 4.31 Å². The van der Waals surface area contributed by atoms with Crippen LogP contribution in [0.5, 0.6) is 0 Å². The van der Waals surface area contributed by atoms with Crippen LogP contribution < -0.4 is 0 Å². The first-order valence-electron chi connectivity index (χ1n) is 4.43. The summed E-state index contributed by atoms with van der Waals surface area (Å²) in [7, 11) is -8.51. The van der Waals surface area contributed by atoms with Crippen molar-refractivity contribution in [3.05, 3.63) is 0 Å². The van der Waals surface area contributed by atoms with Crippen molar-refractivity contribution in [2.75, 3.05) is 5.08 Å². The molecule has 0 heterocycles. The molecule has 0 aliphatic carbocycles. The molecule has 0 rings (SSSR count). The van der Waals surface area contributed by atoms with Crippen LogP contribution in [0, 0.1) is 0 Å². The van der Waals surface area contributed by atoms with Crippen LogP contribution in [0.4, 0.5) is 0 Å². The molecule has 0 amide bonds. The van der Waals surface area contributed by atoms with Gasteiger partial charge < -0.3 is 0 Å². The third kappa shape index (κ3) is 4.92. The predicted molar refractivity (Wildman–Crippen MR) is 57.4 cm³/mol. The Morgan fingerprint density at radius 2 is 1.33 bits per heavy atom. The Hall–Kier alpha value is -0.180. The maximum absolute atomic E-state index is 11.6. The van der Waals surface area contributed by atoms with E-state index in [9.17, 15) is 16.8 Å². The van der Waals surface area contributed by atoms with Gasteiger partial charge in [0.15, 0.2) is 5.08 Å². The second kappa shape index (κ2) is 4.77. The van der Waals surface area contributed by atoms with E-state index in [1.54, 1.807) is 27.7 Å². The van der Waals surface area contributed by atoms with Gasteiger partial charge in [-0.3, -0.25) is 4.55 Å². The van der Waals surface area contributed by atoms with Crippen LogP contribution in [0.1, 0.15) is 27.7 Å². The highest BCUT2D eigenvalue weighted by molar-refractivity contribution is 8.04. The summed E-state index contributed by atoms with van der Waals surface area (Å²) in [6.45, 7) is 6.56. The summed E-state index contributed by atoms with van der Waals surface area (Å²) in [6.07, 6.45) is 0. The molecule has 0 spiro atoms. The lowest BCUT2D eigenvalue weighted by Crippen LogP contribution is -2.44. The van der Waals surface area contributed by atoms with E-state index in [1.165, 1.54) is 0 Å². The van der Waals surface area contributed by atoms with E-state index < -0.39 is 25.2 Å². The quantitative estimate of drug-likeness (QED) is 0.716. The van der Waals surface area contributed by atoms with E-state index in [2.05, 4.69) is 0 Å². The number of sulfonamides is 1. The molecule has 0 aromatic carbocycles. The number of rotatable bonds is 5. The highest BCUT2D eigenvalue weighted by atomic mass is 32.3. The lowest BCUT2D eigenvalue weighted by molar-refractivity contribution is 0.303. The molecule has 0 bridgehead atoms. The van der Waals surface area contributed by atoms with E-state index in [1.807, 2.05) is 0 Å². The average Bonchev–Trinajstić information content (AvgIpc) is 1.74. The third-order valence-corrected chi connectivity index (χ3v) is 5.51. The molecule has 0 aromatic rings. The fraction of sp³-hybridized carbons (Fsp3) is 1.00. The molecule has 0 aliphatic rings. The molecule has 1 N–H and O–H groups in total. The average molecular weight is 259 g/mol. The number of hydrogen-bond acceptors (Lipinski definition) is 4. The number of hydrogen-bond donors (Lipinski definition) is 1. The van der Waals surface area contributed by atoms with Crippen LogP contribution in [0.3, 0.4) is 0 Å². The second-order valence-corrected chi connectivity index (χ2v) is 7.52. The minimum absolute atomic E-state index is 0.350. The van der Waals surface area contributed by atoms with Crippen LogP contribution >= 0.6 is 0 Å². The highest BCUT2D eigenvalue weighted by Gasteiger charge is 2.31. The molecule has 0 fully saturated rings. The summed E-state index contributed by atoms with van der Waals surface area (Å²) in [5, 5.41) is -1.27. The van der Waals surface area contributed by atoms with Crippen molar-refractivity contribution in [3.63, 3.8) is 0 Å². The summed E-state index contributed by atoms with van der Waals surface area (Å²) >= 11 is 0. The van der Waals surface area contributed by atoms with Crippen molar-refractivity contribution >= 4 is 20.1 Å². The minimum Gasteiger partial charge on any atom is -0.285 e. The molecule has 0 radical (unpaired) electrons. The van der Waals surface area contributed by atoms with Crippen molar-refractivity contribution in [2.24, 2.45) is 0 Å². The molecule has 0 saturated heterocycles. The molecular weight excluding hydrogens is 242 g/mol. The first kappa shape index (κ1) is 14.8. The van der Waals surface area contributed by atoms with Gasteiger partial charge in [-0.1, -0.05) is 0 Å². The monoisotopic (exact) mass is 259 g/mol. The topological polar surface area (TPSA) is 91.8 Å². The summed E-state index contributed by atoms with van der Waals surface area (Å²) in [5.74, 6) is 0. The molecule has 0 unspecified atom stereocenters. The highest BCUT2D eigenvalue weighted by Crippen LogP contribution is 2.13. The molecule has 6 nitrogen and oxygen atoms in total. The molecule has 8 heteroatoms. The van der Waals surface area contributed by atoms with Crippen molar-refractivity contribution in [1.82, 2.24) is 4.31 Å². The Balaban J connectivity index is 5.16. The lowest BCUT2D eigenvalue weighted by Gasteiger charge is -2.28. The van der Waals surface area contributed by atoms with Crippen LogP contribution in [-0.4, -0.2) is 42.9 Å². The maximum Gasteiger partial charge on any atom is 0.280 e. The first-order chi connectivity index (χ1) is 6.47. The normalized spacial score (nSPS) is 14.1. The van der Waals surface area contributed by atoms with E-state index in [0.29, 0.717) is 0 Å². The Morgan fingerprint density at radius 1 is 1.00 bits per heavy atom. The third-order valence-electron chi connectivity index (χ3n) is 1.64. The van der Waals surface area contributed by atoms with Gasteiger partial charge in [0.25, 0.3) is 10.1 Å². The fourth-order valence-electron chi connectivity index (χ4n) is 1.49. The van der Waals surface area contributed by atoms with Gasteiger partial charge >= 0.3 is 0 Å². The van der Waals surface area contributed by atoms with Gasteiger partial charge in [0.05, 0.1) is 0 Å². The van der Waals surface area contributed by atoms with Gasteiger partial charge in [-0.25, -0.2) is 8.42 Å². The molecule has 0 aliphatic heterocycles. The van der Waals surface area contributed by atoms with Gasteiger partial charge in [0.1, 0.15) is 0 Å². The summed E-state index contributed by atoms with van der Waals surface area (Å²) in [5.41, 5.74) is 0. The van der Waals surface area contributed by atoms with Crippen molar-refractivity contribution in [1.29, 1.82) is 0 Å². The standard InChI is InChI=1S/C7H17NO5S2/c1-6(2)8(7(3)4)14(9,10)5-15(11,12)13/h6-7H,5H2,1-4H3,(H,11,12,13). The molecule has 0 atom stereocenters. The largest absolute Gasteiger partial charge is 0.285 e. The fourth-order valence-corrected chi connectivity index (χ4v) is 4.77. The molecule has 15 heavy (non-hydrogen) atoms. The van der Waals surface area contributed by atoms with Crippen LogP contribution in [-0.2, 0) is 20.1 Å². The minimum atomic E-state index is -4.52. The van der Waals surface area contributed by atoms with E-state index in [-0.39, 0.29) is 12.1 Å². The van der Waals surface area contributed by atoms with Gasteiger partial charge in [0.2, 0.25) is 10.0 Å².